The lowest BCUT2D eigenvalue weighted by molar-refractivity contribution is 0.0243. The van der Waals surface area contributed by atoms with Gasteiger partial charge in [0.15, 0.2) is 5.96 Å². The molecule has 122 valence electrons. The van der Waals surface area contributed by atoms with E-state index in [-0.39, 0.29) is 5.60 Å². The first-order valence-electron chi connectivity index (χ1n) is 7.58. The first kappa shape index (κ1) is 17.1. The summed E-state index contributed by atoms with van der Waals surface area (Å²) < 4.78 is 12.5. The van der Waals surface area contributed by atoms with Gasteiger partial charge in [0.25, 0.3) is 0 Å². The van der Waals surface area contributed by atoms with Gasteiger partial charge in [0.1, 0.15) is 12.4 Å². The molecule has 1 aromatic rings. The number of hydrogen-bond donors (Lipinski definition) is 2. The van der Waals surface area contributed by atoms with E-state index >= 15 is 0 Å². The second kappa shape index (κ2) is 8.39. The Morgan fingerprint density at radius 1 is 1.36 bits per heavy atom. The van der Waals surface area contributed by atoms with E-state index in [2.05, 4.69) is 38.5 Å². The highest BCUT2D eigenvalue weighted by molar-refractivity contribution is 9.10. The number of benzene rings is 1. The van der Waals surface area contributed by atoms with Crippen LogP contribution in [0.15, 0.2) is 33.7 Å². The molecule has 1 fully saturated rings. The minimum atomic E-state index is -0.0778. The van der Waals surface area contributed by atoms with Crippen molar-refractivity contribution in [2.24, 2.45) is 4.99 Å². The van der Waals surface area contributed by atoms with E-state index in [1.807, 2.05) is 24.3 Å². The number of nitrogens with zero attached hydrogens (tertiary/aromatic N) is 1. The fourth-order valence-electron chi connectivity index (χ4n) is 2.34. The van der Waals surface area contributed by atoms with E-state index in [1.54, 1.807) is 7.05 Å². The predicted octanol–water partition coefficient (Wildman–Crippen LogP) is 2.56. The Labute approximate surface area is 140 Å². The zero-order valence-corrected chi connectivity index (χ0v) is 14.8. The van der Waals surface area contributed by atoms with Crippen molar-refractivity contribution in [1.29, 1.82) is 0 Å². The molecule has 22 heavy (non-hydrogen) atoms. The van der Waals surface area contributed by atoms with Crippen molar-refractivity contribution >= 4 is 21.9 Å². The van der Waals surface area contributed by atoms with E-state index < -0.39 is 0 Å². The van der Waals surface area contributed by atoms with Crippen molar-refractivity contribution in [3.05, 3.63) is 28.7 Å². The molecule has 0 amide bonds. The summed E-state index contributed by atoms with van der Waals surface area (Å²) in [5, 5.41) is 6.55. The van der Waals surface area contributed by atoms with Gasteiger partial charge >= 0.3 is 0 Å². The summed E-state index contributed by atoms with van der Waals surface area (Å²) in [6, 6.07) is 7.81. The van der Waals surface area contributed by atoms with Crippen LogP contribution in [0.2, 0.25) is 0 Å². The molecule has 0 aliphatic carbocycles. The van der Waals surface area contributed by atoms with Gasteiger partial charge in [-0.3, -0.25) is 4.99 Å². The van der Waals surface area contributed by atoms with Gasteiger partial charge in [0.2, 0.25) is 0 Å². The van der Waals surface area contributed by atoms with Gasteiger partial charge in [-0.1, -0.05) is 15.9 Å². The third kappa shape index (κ3) is 5.50. The van der Waals surface area contributed by atoms with Crippen LogP contribution in [0.5, 0.6) is 5.75 Å². The van der Waals surface area contributed by atoms with Crippen molar-refractivity contribution in [2.75, 3.05) is 33.4 Å². The van der Waals surface area contributed by atoms with Gasteiger partial charge in [-0.15, -0.1) is 0 Å². The number of ether oxygens (including phenoxy) is 2. The molecule has 1 saturated heterocycles. The number of halogens is 1. The summed E-state index contributed by atoms with van der Waals surface area (Å²) in [4.78, 5) is 4.21. The maximum atomic E-state index is 5.75. The molecule has 1 aromatic carbocycles. The number of guanidine groups is 1. The lowest BCUT2D eigenvalue weighted by Gasteiger charge is -2.24. The first-order chi connectivity index (χ1) is 10.6. The predicted molar refractivity (Wildman–Crippen MR) is 92.6 cm³/mol. The standard InChI is InChI=1S/C16H24BrN3O2/c1-16(8-3-10-22-16)12-20-15(18-2)19-9-11-21-14-6-4-13(17)5-7-14/h4-7H,3,8-12H2,1-2H3,(H2,18,19,20). The van der Waals surface area contributed by atoms with E-state index in [0.717, 1.165) is 42.2 Å². The Bertz CT molecular complexity index is 485. The highest BCUT2D eigenvalue weighted by atomic mass is 79.9. The van der Waals surface area contributed by atoms with Crippen molar-refractivity contribution in [3.8, 4) is 5.75 Å². The van der Waals surface area contributed by atoms with Crippen LogP contribution in [-0.2, 0) is 4.74 Å². The maximum Gasteiger partial charge on any atom is 0.191 e. The molecule has 1 aliphatic heterocycles. The Morgan fingerprint density at radius 2 is 2.14 bits per heavy atom. The van der Waals surface area contributed by atoms with Crippen LogP contribution < -0.4 is 15.4 Å². The topological polar surface area (TPSA) is 54.9 Å². The molecular formula is C16H24BrN3O2. The largest absolute Gasteiger partial charge is 0.492 e. The monoisotopic (exact) mass is 369 g/mol. The number of nitrogens with one attached hydrogen (secondary N) is 2. The van der Waals surface area contributed by atoms with E-state index in [0.29, 0.717) is 13.2 Å². The zero-order chi connectivity index (χ0) is 15.8. The molecule has 1 atom stereocenters. The summed E-state index contributed by atoms with van der Waals surface area (Å²) in [7, 11) is 1.77. The molecule has 0 aromatic heterocycles. The molecule has 0 radical (unpaired) electrons. The fourth-order valence-corrected chi connectivity index (χ4v) is 2.60. The Balaban J connectivity index is 1.65. The van der Waals surface area contributed by atoms with Gasteiger partial charge < -0.3 is 20.1 Å². The van der Waals surface area contributed by atoms with Gasteiger partial charge in [-0.2, -0.15) is 0 Å². The van der Waals surface area contributed by atoms with E-state index in [9.17, 15) is 0 Å². The zero-order valence-electron chi connectivity index (χ0n) is 13.2. The van der Waals surface area contributed by atoms with Gasteiger partial charge in [-0.05, 0) is 44.0 Å². The van der Waals surface area contributed by atoms with Crippen LogP contribution in [0.25, 0.3) is 0 Å². The average molecular weight is 370 g/mol. The summed E-state index contributed by atoms with van der Waals surface area (Å²) in [6.45, 7) is 5.02. The van der Waals surface area contributed by atoms with Gasteiger partial charge in [-0.25, -0.2) is 0 Å². The van der Waals surface area contributed by atoms with Crippen LogP contribution in [0.1, 0.15) is 19.8 Å². The maximum absolute atomic E-state index is 5.75. The lowest BCUT2D eigenvalue weighted by atomic mass is 10.0. The lowest BCUT2D eigenvalue weighted by Crippen LogP contribution is -2.46. The SMILES string of the molecule is CN=C(NCCOc1ccc(Br)cc1)NCC1(C)CCCO1. The minimum absolute atomic E-state index is 0.0778. The Morgan fingerprint density at radius 3 is 2.77 bits per heavy atom. The molecule has 0 spiro atoms. The molecule has 2 N–H and O–H groups in total. The van der Waals surface area contributed by atoms with Gasteiger partial charge in [0, 0.05) is 24.7 Å². The average Bonchev–Trinajstić information content (AvgIpc) is 2.95. The molecule has 1 unspecified atom stereocenters. The Kier molecular flexibility index (Phi) is 6.51. The third-order valence-corrected chi connectivity index (χ3v) is 4.16. The highest BCUT2D eigenvalue weighted by Gasteiger charge is 2.29. The van der Waals surface area contributed by atoms with Crippen molar-refractivity contribution < 1.29 is 9.47 Å². The van der Waals surface area contributed by atoms with E-state index in [4.69, 9.17) is 9.47 Å². The third-order valence-electron chi connectivity index (χ3n) is 3.63. The van der Waals surface area contributed by atoms with Crippen LogP contribution >= 0.6 is 15.9 Å². The Hall–Kier alpha value is -1.27. The van der Waals surface area contributed by atoms with Crippen molar-refractivity contribution in [1.82, 2.24) is 10.6 Å². The molecule has 1 heterocycles. The summed E-state index contributed by atoms with van der Waals surface area (Å²) in [5.74, 6) is 1.64. The van der Waals surface area contributed by atoms with Gasteiger partial charge in [0.05, 0.1) is 12.1 Å². The molecular weight excluding hydrogens is 346 g/mol. The second-order valence-corrected chi connectivity index (χ2v) is 6.47. The molecule has 0 bridgehead atoms. The van der Waals surface area contributed by atoms with Crippen LogP contribution in [0, 0.1) is 0 Å². The molecule has 1 aliphatic rings. The number of hydrogen-bond acceptors (Lipinski definition) is 3. The summed E-state index contributed by atoms with van der Waals surface area (Å²) >= 11 is 3.40. The smallest absolute Gasteiger partial charge is 0.191 e. The molecule has 2 rings (SSSR count). The van der Waals surface area contributed by atoms with Crippen LogP contribution in [0.3, 0.4) is 0 Å². The molecule has 6 heteroatoms. The summed E-state index contributed by atoms with van der Waals surface area (Å²) in [5.41, 5.74) is -0.0778. The molecule has 5 nitrogen and oxygen atoms in total. The second-order valence-electron chi connectivity index (χ2n) is 5.56. The highest BCUT2D eigenvalue weighted by Crippen LogP contribution is 2.23. The van der Waals surface area contributed by atoms with Crippen LogP contribution in [0.4, 0.5) is 0 Å². The van der Waals surface area contributed by atoms with Crippen molar-refractivity contribution in [2.45, 2.75) is 25.4 Å². The number of rotatable bonds is 6. The normalized spacial score (nSPS) is 21.7. The van der Waals surface area contributed by atoms with Crippen molar-refractivity contribution in [3.63, 3.8) is 0 Å². The fraction of sp³-hybridized carbons (Fsp3) is 0.562. The quantitative estimate of drug-likeness (QED) is 0.459. The van der Waals surface area contributed by atoms with E-state index in [1.165, 1.54) is 0 Å². The molecule has 0 saturated carbocycles. The first-order valence-corrected chi connectivity index (χ1v) is 8.37. The number of aliphatic imine (C=N–C) groups is 1. The van der Waals surface area contributed by atoms with Crippen LogP contribution in [-0.4, -0.2) is 44.9 Å². The minimum Gasteiger partial charge on any atom is -0.492 e. The summed E-state index contributed by atoms with van der Waals surface area (Å²) in [6.07, 6.45) is 2.22.